The number of imidazole rings is 1. The van der Waals surface area contributed by atoms with Crippen molar-refractivity contribution in [1.82, 2.24) is 9.55 Å². The molecular formula is C8H9FN2. The van der Waals surface area contributed by atoms with E-state index in [1.165, 1.54) is 0 Å². The zero-order chi connectivity index (χ0) is 7.53. The van der Waals surface area contributed by atoms with E-state index in [0.717, 1.165) is 0 Å². The van der Waals surface area contributed by atoms with Crippen LogP contribution in [0.4, 0.5) is 4.39 Å². The van der Waals surface area contributed by atoms with Crippen LogP contribution in [0.1, 0.15) is 19.3 Å². The lowest BCUT2D eigenvalue weighted by molar-refractivity contribution is -0.198. The summed E-state index contributed by atoms with van der Waals surface area (Å²) in [5.41, 5.74) is -0.671. The SMILES string of the molecule is FC12CC(n3ccnc3)(C1)C2. The number of halogens is 1. The van der Waals surface area contributed by atoms with Gasteiger partial charge < -0.3 is 4.57 Å². The summed E-state index contributed by atoms with van der Waals surface area (Å²) in [7, 11) is 0. The van der Waals surface area contributed by atoms with Gasteiger partial charge in [0.25, 0.3) is 0 Å². The van der Waals surface area contributed by atoms with Crippen LogP contribution in [-0.4, -0.2) is 15.2 Å². The van der Waals surface area contributed by atoms with E-state index in [1.807, 2.05) is 10.8 Å². The third kappa shape index (κ3) is 0.513. The van der Waals surface area contributed by atoms with Crippen molar-refractivity contribution in [3.63, 3.8) is 0 Å². The van der Waals surface area contributed by atoms with E-state index in [1.54, 1.807) is 12.5 Å². The second kappa shape index (κ2) is 1.36. The third-order valence-corrected chi connectivity index (χ3v) is 2.99. The van der Waals surface area contributed by atoms with Gasteiger partial charge >= 0.3 is 0 Å². The summed E-state index contributed by atoms with van der Waals surface area (Å²) in [6.07, 6.45) is 7.59. The minimum Gasteiger partial charge on any atom is -0.331 e. The van der Waals surface area contributed by atoms with Crippen LogP contribution in [0.3, 0.4) is 0 Å². The van der Waals surface area contributed by atoms with Gasteiger partial charge in [-0.2, -0.15) is 0 Å². The number of hydrogen-bond donors (Lipinski definition) is 0. The van der Waals surface area contributed by atoms with Crippen molar-refractivity contribution in [2.24, 2.45) is 0 Å². The predicted molar refractivity (Wildman–Crippen MR) is 37.9 cm³/mol. The highest BCUT2D eigenvalue weighted by atomic mass is 19.1. The van der Waals surface area contributed by atoms with Crippen molar-refractivity contribution in [2.45, 2.75) is 30.5 Å². The van der Waals surface area contributed by atoms with Crippen molar-refractivity contribution >= 4 is 0 Å². The fourth-order valence-corrected chi connectivity index (χ4v) is 2.43. The van der Waals surface area contributed by atoms with Crippen LogP contribution in [0, 0.1) is 0 Å². The smallest absolute Gasteiger partial charge is 0.117 e. The number of rotatable bonds is 1. The van der Waals surface area contributed by atoms with Crippen LogP contribution in [-0.2, 0) is 5.54 Å². The van der Waals surface area contributed by atoms with Crippen molar-refractivity contribution in [2.75, 3.05) is 0 Å². The molecule has 3 fully saturated rings. The Labute approximate surface area is 64.0 Å². The average molecular weight is 152 g/mol. The maximum absolute atomic E-state index is 13.1. The molecule has 3 saturated carbocycles. The number of aromatic nitrogens is 2. The van der Waals surface area contributed by atoms with E-state index in [9.17, 15) is 4.39 Å². The zero-order valence-corrected chi connectivity index (χ0v) is 6.13. The van der Waals surface area contributed by atoms with Crippen LogP contribution in [0.2, 0.25) is 0 Å². The van der Waals surface area contributed by atoms with Crippen LogP contribution in [0.5, 0.6) is 0 Å². The van der Waals surface area contributed by atoms with Gasteiger partial charge in [-0.25, -0.2) is 9.37 Å². The highest BCUT2D eigenvalue weighted by Gasteiger charge is 2.70. The normalized spacial score (nSPS) is 46.3. The summed E-state index contributed by atoms with van der Waals surface area (Å²) in [5.74, 6) is 0. The molecule has 2 bridgehead atoms. The molecule has 0 radical (unpaired) electrons. The molecule has 58 valence electrons. The van der Waals surface area contributed by atoms with E-state index in [4.69, 9.17) is 0 Å². The number of hydrogen-bond acceptors (Lipinski definition) is 1. The van der Waals surface area contributed by atoms with Gasteiger partial charge in [0.2, 0.25) is 0 Å². The predicted octanol–water partition coefficient (Wildman–Crippen LogP) is 1.48. The first-order valence-electron chi connectivity index (χ1n) is 3.90. The molecule has 0 amide bonds. The Balaban J connectivity index is 1.94. The molecule has 0 atom stereocenters. The minimum atomic E-state index is -0.801. The molecule has 3 aliphatic carbocycles. The molecule has 1 aromatic rings. The maximum atomic E-state index is 13.1. The first kappa shape index (κ1) is 5.75. The van der Waals surface area contributed by atoms with Crippen molar-refractivity contribution < 1.29 is 4.39 Å². The summed E-state index contributed by atoms with van der Waals surface area (Å²) >= 11 is 0. The Hall–Kier alpha value is -0.860. The molecule has 0 spiro atoms. The molecule has 11 heavy (non-hydrogen) atoms. The zero-order valence-electron chi connectivity index (χ0n) is 6.13. The lowest BCUT2D eigenvalue weighted by Gasteiger charge is -2.66. The molecule has 3 heteroatoms. The Morgan fingerprint density at radius 1 is 1.36 bits per heavy atom. The average Bonchev–Trinajstić information content (AvgIpc) is 2.28. The van der Waals surface area contributed by atoms with Gasteiger partial charge in [0.1, 0.15) is 5.67 Å². The molecule has 2 nitrogen and oxygen atoms in total. The first-order chi connectivity index (χ1) is 5.23. The van der Waals surface area contributed by atoms with Crippen LogP contribution < -0.4 is 0 Å². The lowest BCUT2D eigenvalue weighted by atomic mass is 9.47. The third-order valence-electron chi connectivity index (χ3n) is 2.99. The molecule has 1 heterocycles. The van der Waals surface area contributed by atoms with Gasteiger partial charge in [0, 0.05) is 31.7 Å². The summed E-state index contributed by atoms with van der Waals surface area (Å²) in [4.78, 5) is 3.96. The van der Waals surface area contributed by atoms with E-state index in [2.05, 4.69) is 4.98 Å². The fraction of sp³-hybridized carbons (Fsp3) is 0.625. The molecule has 0 saturated heterocycles. The topological polar surface area (TPSA) is 17.8 Å². The van der Waals surface area contributed by atoms with Crippen molar-refractivity contribution in [3.8, 4) is 0 Å². The Bertz CT molecular complexity index is 271. The summed E-state index contributed by atoms with van der Waals surface area (Å²) < 4.78 is 15.1. The highest BCUT2D eigenvalue weighted by Crippen LogP contribution is 2.67. The Kier molecular flexibility index (Phi) is 0.708. The molecule has 0 unspecified atom stereocenters. The molecule has 0 aliphatic heterocycles. The van der Waals surface area contributed by atoms with E-state index in [-0.39, 0.29) is 5.54 Å². The summed E-state index contributed by atoms with van der Waals surface area (Å²) in [5, 5.41) is 0. The highest BCUT2D eigenvalue weighted by molar-refractivity contribution is 5.23. The number of nitrogens with zero attached hydrogens (tertiary/aromatic N) is 2. The molecule has 4 rings (SSSR count). The maximum Gasteiger partial charge on any atom is 0.117 e. The second-order valence-corrected chi connectivity index (χ2v) is 3.88. The largest absolute Gasteiger partial charge is 0.331 e. The molecular weight excluding hydrogens is 143 g/mol. The van der Waals surface area contributed by atoms with E-state index < -0.39 is 5.67 Å². The van der Waals surface area contributed by atoms with Crippen molar-refractivity contribution in [3.05, 3.63) is 18.7 Å². The lowest BCUT2D eigenvalue weighted by Crippen LogP contribution is -2.69. The quantitative estimate of drug-likeness (QED) is 0.596. The van der Waals surface area contributed by atoms with Crippen molar-refractivity contribution in [1.29, 1.82) is 0 Å². The number of alkyl halides is 1. The van der Waals surface area contributed by atoms with E-state index in [0.29, 0.717) is 19.3 Å². The van der Waals surface area contributed by atoms with Gasteiger partial charge in [0.05, 0.1) is 11.9 Å². The van der Waals surface area contributed by atoms with Gasteiger partial charge in [-0.05, 0) is 0 Å². The van der Waals surface area contributed by atoms with Crippen LogP contribution in [0.15, 0.2) is 18.7 Å². The standard InChI is InChI=1S/C8H9FN2/c9-7-3-8(4-7,5-7)11-2-1-10-6-11/h1-2,6H,3-5H2. The van der Waals surface area contributed by atoms with E-state index >= 15 is 0 Å². The first-order valence-corrected chi connectivity index (χ1v) is 3.90. The molecule has 0 aromatic carbocycles. The van der Waals surface area contributed by atoms with Gasteiger partial charge in [0.15, 0.2) is 0 Å². The minimum absolute atomic E-state index is 0.130. The van der Waals surface area contributed by atoms with Crippen LogP contribution in [0.25, 0.3) is 0 Å². The van der Waals surface area contributed by atoms with Gasteiger partial charge in [-0.15, -0.1) is 0 Å². The fourth-order valence-electron chi connectivity index (χ4n) is 2.43. The second-order valence-electron chi connectivity index (χ2n) is 3.88. The Morgan fingerprint density at radius 2 is 2.09 bits per heavy atom. The molecule has 3 aliphatic rings. The Morgan fingerprint density at radius 3 is 2.55 bits per heavy atom. The monoisotopic (exact) mass is 152 g/mol. The summed E-state index contributed by atoms with van der Waals surface area (Å²) in [6, 6.07) is 0. The van der Waals surface area contributed by atoms with Gasteiger partial charge in [-0.3, -0.25) is 0 Å². The van der Waals surface area contributed by atoms with Crippen LogP contribution >= 0.6 is 0 Å². The molecule has 0 N–H and O–H groups in total. The molecule has 1 aromatic heterocycles. The summed E-state index contributed by atoms with van der Waals surface area (Å²) in [6.45, 7) is 0. The van der Waals surface area contributed by atoms with Gasteiger partial charge in [-0.1, -0.05) is 0 Å².